The highest BCUT2D eigenvalue weighted by atomic mass is 16.5. The summed E-state index contributed by atoms with van der Waals surface area (Å²) in [6, 6.07) is 0. The molecule has 0 aliphatic heterocycles. The number of allylic oxidation sites excluding steroid dienone is 8. The Balaban J connectivity index is 3.85. The molecule has 0 aromatic heterocycles. The summed E-state index contributed by atoms with van der Waals surface area (Å²) >= 11 is 0. The van der Waals surface area contributed by atoms with Gasteiger partial charge in [-0.1, -0.05) is 127 Å². The van der Waals surface area contributed by atoms with Gasteiger partial charge < -0.3 is 9.84 Å². The molecule has 1 N–H and O–H groups in total. The Labute approximate surface area is 260 Å². The summed E-state index contributed by atoms with van der Waals surface area (Å²) in [6.45, 7) is 4.45. The SMILES string of the molecule is CCCCC/C=C\C/C=C\C/C=C\C/C=C\CCCCCC(=O)OC(CCCCC)CCCCCCCCCC(=O)O. The van der Waals surface area contributed by atoms with Gasteiger partial charge in [-0.3, -0.25) is 9.59 Å². The van der Waals surface area contributed by atoms with Crippen molar-refractivity contribution in [1.82, 2.24) is 0 Å². The van der Waals surface area contributed by atoms with Gasteiger partial charge in [0.2, 0.25) is 0 Å². The fourth-order valence-electron chi connectivity index (χ4n) is 4.93. The molecule has 42 heavy (non-hydrogen) atoms. The quantitative estimate of drug-likeness (QED) is 0.0498. The topological polar surface area (TPSA) is 63.6 Å². The molecule has 1 atom stereocenters. The zero-order valence-electron chi connectivity index (χ0n) is 27.5. The fraction of sp³-hybridized carbons (Fsp3) is 0.737. The van der Waals surface area contributed by atoms with E-state index in [9.17, 15) is 9.59 Å². The molecule has 0 saturated heterocycles. The van der Waals surface area contributed by atoms with E-state index >= 15 is 0 Å². The molecule has 0 fully saturated rings. The molecule has 0 aromatic carbocycles. The summed E-state index contributed by atoms with van der Waals surface area (Å²) in [5, 5.41) is 8.70. The Morgan fingerprint density at radius 1 is 0.524 bits per heavy atom. The molecule has 0 aromatic rings. The molecule has 0 rings (SSSR count). The van der Waals surface area contributed by atoms with Crippen LogP contribution in [0.2, 0.25) is 0 Å². The second-order valence-corrected chi connectivity index (χ2v) is 11.7. The third-order valence-corrected chi connectivity index (χ3v) is 7.55. The molecule has 4 nitrogen and oxygen atoms in total. The molecule has 1 unspecified atom stereocenters. The van der Waals surface area contributed by atoms with Gasteiger partial charge in [-0.2, -0.15) is 0 Å². The number of aliphatic carboxylic acids is 1. The third-order valence-electron chi connectivity index (χ3n) is 7.55. The Morgan fingerprint density at radius 2 is 0.929 bits per heavy atom. The monoisotopic (exact) mass is 586 g/mol. The maximum absolute atomic E-state index is 12.5. The van der Waals surface area contributed by atoms with Crippen LogP contribution in [0.25, 0.3) is 0 Å². The predicted molar refractivity (Wildman–Crippen MR) is 181 cm³/mol. The lowest BCUT2D eigenvalue weighted by atomic mass is 10.0. The first kappa shape index (κ1) is 39.9. The van der Waals surface area contributed by atoms with Crippen molar-refractivity contribution in [2.45, 2.75) is 180 Å². The Morgan fingerprint density at radius 3 is 1.48 bits per heavy atom. The average molecular weight is 587 g/mol. The van der Waals surface area contributed by atoms with Gasteiger partial charge >= 0.3 is 11.9 Å². The van der Waals surface area contributed by atoms with Gasteiger partial charge in [-0.05, 0) is 83.5 Å². The summed E-state index contributed by atoms with van der Waals surface area (Å²) in [5.74, 6) is -0.714. The van der Waals surface area contributed by atoms with Crippen molar-refractivity contribution in [2.24, 2.45) is 0 Å². The van der Waals surface area contributed by atoms with Crippen LogP contribution in [0.3, 0.4) is 0 Å². The van der Waals surface area contributed by atoms with Gasteiger partial charge in [0.25, 0.3) is 0 Å². The van der Waals surface area contributed by atoms with E-state index in [2.05, 4.69) is 62.5 Å². The summed E-state index contributed by atoms with van der Waals surface area (Å²) < 4.78 is 5.89. The minimum absolute atomic E-state index is 0.0207. The first-order valence-electron chi connectivity index (χ1n) is 17.6. The molecular formula is C38H66O4. The molecule has 0 spiro atoms. The van der Waals surface area contributed by atoms with Gasteiger partial charge in [0.05, 0.1) is 0 Å². The largest absolute Gasteiger partial charge is 0.481 e. The average Bonchev–Trinajstić information content (AvgIpc) is 2.97. The number of carboxylic acids is 1. The Bertz CT molecular complexity index is 719. The molecular weight excluding hydrogens is 520 g/mol. The molecule has 0 aliphatic rings. The molecule has 0 amide bonds. The number of hydrogen-bond donors (Lipinski definition) is 1. The zero-order valence-corrected chi connectivity index (χ0v) is 27.5. The van der Waals surface area contributed by atoms with Crippen LogP contribution < -0.4 is 0 Å². The summed E-state index contributed by atoms with van der Waals surface area (Å²) in [4.78, 5) is 23.0. The van der Waals surface area contributed by atoms with E-state index in [0.29, 0.717) is 6.42 Å². The lowest BCUT2D eigenvalue weighted by Crippen LogP contribution is -2.18. The van der Waals surface area contributed by atoms with E-state index in [-0.39, 0.29) is 18.5 Å². The smallest absolute Gasteiger partial charge is 0.306 e. The van der Waals surface area contributed by atoms with Crippen molar-refractivity contribution in [3.8, 4) is 0 Å². The van der Waals surface area contributed by atoms with Crippen LogP contribution in [0.15, 0.2) is 48.6 Å². The van der Waals surface area contributed by atoms with E-state index in [0.717, 1.165) is 96.3 Å². The van der Waals surface area contributed by atoms with E-state index in [4.69, 9.17) is 9.84 Å². The van der Waals surface area contributed by atoms with Crippen molar-refractivity contribution >= 4 is 11.9 Å². The van der Waals surface area contributed by atoms with Crippen molar-refractivity contribution in [2.75, 3.05) is 0 Å². The lowest BCUT2D eigenvalue weighted by Gasteiger charge is -2.18. The van der Waals surface area contributed by atoms with E-state index in [1.54, 1.807) is 0 Å². The summed E-state index contributed by atoms with van der Waals surface area (Å²) in [5.41, 5.74) is 0. The zero-order chi connectivity index (χ0) is 30.8. The molecule has 0 aliphatic carbocycles. The molecule has 0 radical (unpaired) electrons. The summed E-state index contributed by atoms with van der Waals surface area (Å²) in [7, 11) is 0. The maximum Gasteiger partial charge on any atom is 0.306 e. The van der Waals surface area contributed by atoms with Gasteiger partial charge in [0.1, 0.15) is 6.10 Å². The van der Waals surface area contributed by atoms with Gasteiger partial charge in [-0.15, -0.1) is 0 Å². The second-order valence-electron chi connectivity index (χ2n) is 11.7. The minimum atomic E-state index is -0.693. The minimum Gasteiger partial charge on any atom is -0.481 e. The van der Waals surface area contributed by atoms with Crippen LogP contribution >= 0.6 is 0 Å². The van der Waals surface area contributed by atoms with Crippen LogP contribution in [0, 0.1) is 0 Å². The highest BCUT2D eigenvalue weighted by molar-refractivity contribution is 5.69. The van der Waals surface area contributed by atoms with Crippen LogP contribution in [0.4, 0.5) is 0 Å². The number of esters is 1. The third kappa shape index (κ3) is 32.4. The number of carboxylic acid groups (broad SMARTS) is 1. The highest BCUT2D eigenvalue weighted by Crippen LogP contribution is 2.17. The van der Waals surface area contributed by atoms with Crippen LogP contribution in [-0.4, -0.2) is 23.1 Å². The first-order chi connectivity index (χ1) is 20.6. The standard InChI is InChI=1S/C38H66O4/c1-3-5-7-8-9-10-11-12-13-14-15-16-17-18-19-20-24-27-31-35-38(41)42-36(32-28-6-4-2)33-29-25-22-21-23-26-30-34-37(39)40/h9-10,12-13,15-16,18-19,36H,3-8,11,14,17,20-35H2,1-2H3,(H,39,40)/b10-9-,13-12-,16-15-,19-18-. The van der Waals surface area contributed by atoms with Crippen molar-refractivity contribution in [3.63, 3.8) is 0 Å². The predicted octanol–water partition coefficient (Wildman–Crippen LogP) is 12.0. The van der Waals surface area contributed by atoms with Crippen molar-refractivity contribution < 1.29 is 19.4 Å². The van der Waals surface area contributed by atoms with Crippen LogP contribution in [-0.2, 0) is 14.3 Å². The van der Waals surface area contributed by atoms with Crippen molar-refractivity contribution in [3.05, 3.63) is 48.6 Å². The van der Waals surface area contributed by atoms with Gasteiger partial charge in [-0.25, -0.2) is 0 Å². The van der Waals surface area contributed by atoms with Crippen molar-refractivity contribution in [1.29, 1.82) is 0 Å². The summed E-state index contributed by atoms with van der Waals surface area (Å²) in [6.07, 6.45) is 44.3. The van der Waals surface area contributed by atoms with E-state index < -0.39 is 5.97 Å². The molecule has 0 saturated carbocycles. The molecule has 4 heteroatoms. The number of carbonyl (C=O) groups excluding carboxylic acids is 1. The van der Waals surface area contributed by atoms with E-state index in [1.165, 1.54) is 51.4 Å². The molecule has 242 valence electrons. The Hall–Kier alpha value is -2.10. The number of ether oxygens (including phenoxy) is 1. The number of unbranched alkanes of at least 4 members (excludes halogenated alkanes) is 14. The lowest BCUT2D eigenvalue weighted by molar-refractivity contribution is -0.150. The van der Waals surface area contributed by atoms with Crippen LogP contribution in [0.1, 0.15) is 174 Å². The second kappa shape index (κ2) is 33.4. The number of hydrogen-bond acceptors (Lipinski definition) is 3. The van der Waals surface area contributed by atoms with E-state index in [1.807, 2.05) is 0 Å². The van der Waals surface area contributed by atoms with Crippen LogP contribution in [0.5, 0.6) is 0 Å². The highest BCUT2D eigenvalue weighted by Gasteiger charge is 2.14. The Kier molecular flexibility index (Phi) is 31.7. The fourth-order valence-corrected chi connectivity index (χ4v) is 4.93. The molecule has 0 heterocycles. The normalized spacial score (nSPS) is 12.8. The maximum atomic E-state index is 12.5. The van der Waals surface area contributed by atoms with Gasteiger partial charge in [0.15, 0.2) is 0 Å². The first-order valence-corrected chi connectivity index (χ1v) is 17.6. The van der Waals surface area contributed by atoms with Gasteiger partial charge in [0, 0.05) is 12.8 Å². The molecule has 0 bridgehead atoms. The number of carbonyl (C=O) groups is 2. The number of rotatable bonds is 31.